The lowest BCUT2D eigenvalue weighted by atomic mass is 10.0. The average Bonchev–Trinajstić information content (AvgIpc) is 2.42. The minimum absolute atomic E-state index is 0.0687. The lowest BCUT2D eigenvalue weighted by Gasteiger charge is -2.27. The van der Waals surface area contributed by atoms with Crippen LogP contribution in [0.1, 0.15) is 24.2 Å². The van der Waals surface area contributed by atoms with E-state index in [0.717, 1.165) is 12.1 Å². The molecular weight excluding hydrogens is 278 g/mol. The van der Waals surface area contributed by atoms with E-state index in [0.29, 0.717) is 12.6 Å². The summed E-state index contributed by atoms with van der Waals surface area (Å²) in [5, 5.41) is 0. The monoisotopic (exact) mass is 298 g/mol. The molecule has 6 heteroatoms. The van der Waals surface area contributed by atoms with Gasteiger partial charge in [-0.15, -0.1) is 0 Å². The van der Waals surface area contributed by atoms with Crippen molar-refractivity contribution in [1.82, 2.24) is 9.80 Å². The number of hydrogen-bond donors (Lipinski definition) is 0. The molecule has 0 fully saturated rings. The summed E-state index contributed by atoms with van der Waals surface area (Å²) >= 11 is 0. The average molecular weight is 298 g/mol. The maximum Gasteiger partial charge on any atom is 0.236 e. The molecule has 1 aromatic carbocycles. The number of Topliss-reactive ketones (excluding diaryl/α,β-unsaturated/α-hetero) is 1. The van der Waals surface area contributed by atoms with Gasteiger partial charge in [0, 0.05) is 20.2 Å². The molecule has 1 unspecified atom stereocenters. The molecule has 1 atom stereocenters. The zero-order chi connectivity index (χ0) is 16.2. The smallest absolute Gasteiger partial charge is 0.236 e. The number of rotatable bonds is 6. The summed E-state index contributed by atoms with van der Waals surface area (Å²) < 4.78 is 26.6. The number of carbonyl (C=O) groups is 2. The molecule has 0 N–H and O–H groups in total. The van der Waals surface area contributed by atoms with Crippen LogP contribution in [0.5, 0.6) is 0 Å². The Morgan fingerprint density at radius 1 is 1.24 bits per heavy atom. The third-order valence-electron chi connectivity index (χ3n) is 3.37. The second kappa shape index (κ2) is 7.26. The van der Waals surface area contributed by atoms with Gasteiger partial charge >= 0.3 is 0 Å². The van der Waals surface area contributed by atoms with Crippen LogP contribution in [0.2, 0.25) is 0 Å². The molecule has 0 saturated carbocycles. The quantitative estimate of drug-likeness (QED) is 0.754. The topological polar surface area (TPSA) is 40.6 Å². The van der Waals surface area contributed by atoms with Crippen LogP contribution >= 0.6 is 0 Å². The number of benzene rings is 1. The van der Waals surface area contributed by atoms with Gasteiger partial charge in [0.2, 0.25) is 5.91 Å². The van der Waals surface area contributed by atoms with Gasteiger partial charge in [0.05, 0.1) is 18.2 Å². The van der Waals surface area contributed by atoms with E-state index in [1.807, 2.05) is 6.92 Å². The van der Waals surface area contributed by atoms with Crippen molar-refractivity contribution >= 4 is 11.7 Å². The van der Waals surface area contributed by atoms with Gasteiger partial charge in [-0.1, -0.05) is 6.92 Å². The predicted molar refractivity (Wildman–Crippen MR) is 76.1 cm³/mol. The number of amides is 1. The molecule has 0 spiro atoms. The van der Waals surface area contributed by atoms with Crippen LogP contribution in [0.25, 0.3) is 0 Å². The first-order chi connectivity index (χ1) is 9.77. The number of hydrogen-bond acceptors (Lipinski definition) is 3. The SMILES string of the molecule is CCN(CC(=O)N(C)C)C(C)C(=O)c1ccc(F)cc1F. The fourth-order valence-corrected chi connectivity index (χ4v) is 1.92. The molecule has 0 aliphatic rings. The molecule has 116 valence electrons. The summed E-state index contributed by atoms with van der Waals surface area (Å²) in [6.45, 7) is 3.96. The van der Waals surface area contributed by atoms with Crippen molar-refractivity contribution in [2.75, 3.05) is 27.2 Å². The molecule has 1 amide bonds. The summed E-state index contributed by atoms with van der Waals surface area (Å²) in [4.78, 5) is 27.1. The van der Waals surface area contributed by atoms with Gasteiger partial charge in [0.25, 0.3) is 0 Å². The van der Waals surface area contributed by atoms with Crippen LogP contribution in [0.4, 0.5) is 8.78 Å². The van der Waals surface area contributed by atoms with E-state index in [4.69, 9.17) is 0 Å². The van der Waals surface area contributed by atoms with Gasteiger partial charge in [0.15, 0.2) is 5.78 Å². The van der Waals surface area contributed by atoms with Crippen molar-refractivity contribution in [1.29, 1.82) is 0 Å². The van der Waals surface area contributed by atoms with Crippen molar-refractivity contribution in [2.45, 2.75) is 19.9 Å². The van der Waals surface area contributed by atoms with Crippen molar-refractivity contribution in [3.8, 4) is 0 Å². The van der Waals surface area contributed by atoms with Crippen LogP contribution in [0, 0.1) is 11.6 Å². The Labute approximate surface area is 123 Å². The van der Waals surface area contributed by atoms with E-state index in [2.05, 4.69) is 0 Å². The zero-order valence-electron chi connectivity index (χ0n) is 12.7. The standard InChI is InChI=1S/C15H20F2N2O2/c1-5-19(9-14(20)18(3)4)10(2)15(21)12-7-6-11(16)8-13(12)17/h6-8,10H,5,9H2,1-4H3. The Bertz CT molecular complexity index is 532. The normalized spacial score (nSPS) is 12.3. The number of ketones is 1. The molecule has 4 nitrogen and oxygen atoms in total. The van der Waals surface area contributed by atoms with Gasteiger partial charge in [0.1, 0.15) is 11.6 Å². The van der Waals surface area contributed by atoms with Gasteiger partial charge in [-0.05, 0) is 25.6 Å². The van der Waals surface area contributed by atoms with Crippen molar-refractivity contribution in [3.05, 3.63) is 35.4 Å². The van der Waals surface area contributed by atoms with Crippen LogP contribution < -0.4 is 0 Å². The largest absolute Gasteiger partial charge is 0.348 e. The number of likely N-dealkylation sites (N-methyl/N-ethyl adjacent to an activating group) is 2. The summed E-state index contributed by atoms with van der Waals surface area (Å²) in [6, 6.07) is 2.19. The maximum atomic E-state index is 13.7. The molecule has 1 rings (SSSR count). The molecular formula is C15H20F2N2O2. The minimum Gasteiger partial charge on any atom is -0.348 e. The van der Waals surface area contributed by atoms with E-state index in [1.165, 1.54) is 4.90 Å². The minimum atomic E-state index is -0.887. The molecule has 0 radical (unpaired) electrons. The van der Waals surface area contributed by atoms with Gasteiger partial charge in [-0.2, -0.15) is 0 Å². The summed E-state index contributed by atoms with van der Waals surface area (Å²) in [6.07, 6.45) is 0. The highest BCUT2D eigenvalue weighted by Crippen LogP contribution is 2.14. The lowest BCUT2D eigenvalue weighted by molar-refractivity contribution is -0.130. The van der Waals surface area contributed by atoms with Crippen LogP contribution in [-0.2, 0) is 4.79 Å². The van der Waals surface area contributed by atoms with E-state index < -0.39 is 23.5 Å². The van der Waals surface area contributed by atoms with Gasteiger partial charge < -0.3 is 4.90 Å². The molecule has 0 bridgehead atoms. The Kier molecular flexibility index (Phi) is 5.96. The summed E-state index contributed by atoms with van der Waals surface area (Å²) in [5.74, 6) is -2.23. The summed E-state index contributed by atoms with van der Waals surface area (Å²) in [7, 11) is 3.25. The second-order valence-electron chi connectivity index (χ2n) is 5.02. The number of halogens is 2. The van der Waals surface area contributed by atoms with Crippen molar-refractivity contribution in [3.63, 3.8) is 0 Å². The Hall–Kier alpha value is -1.82. The molecule has 0 aliphatic carbocycles. The Balaban J connectivity index is 2.91. The number of carbonyl (C=O) groups excluding carboxylic acids is 2. The first-order valence-electron chi connectivity index (χ1n) is 6.71. The molecule has 0 aliphatic heterocycles. The molecule has 21 heavy (non-hydrogen) atoms. The molecule has 1 aromatic rings. The lowest BCUT2D eigenvalue weighted by Crippen LogP contribution is -2.45. The van der Waals surface area contributed by atoms with Crippen LogP contribution in [0.15, 0.2) is 18.2 Å². The van der Waals surface area contributed by atoms with Crippen LogP contribution in [-0.4, -0.2) is 54.7 Å². The molecule has 0 heterocycles. The van der Waals surface area contributed by atoms with E-state index in [9.17, 15) is 18.4 Å². The van der Waals surface area contributed by atoms with Crippen molar-refractivity contribution < 1.29 is 18.4 Å². The first-order valence-corrected chi connectivity index (χ1v) is 6.71. The Morgan fingerprint density at radius 2 is 1.86 bits per heavy atom. The third kappa shape index (κ3) is 4.32. The first kappa shape index (κ1) is 17.2. The zero-order valence-corrected chi connectivity index (χ0v) is 12.7. The fourth-order valence-electron chi connectivity index (χ4n) is 1.92. The maximum absolute atomic E-state index is 13.7. The van der Waals surface area contributed by atoms with E-state index in [1.54, 1.807) is 25.9 Å². The Morgan fingerprint density at radius 3 is 2.33 bits per heavy atom. The number of nitrogens with zero attached hydrogens (tertiary/aromatic N) is 2. The third-order valence-corrected chi connectivity index (χ3v) is 3.37. The summed E-state index contributed by atoms with van der Waals surface area (Å²) in [5.41, 5.74) is -0.167. The fraction of sp³-hybridized carbons (Fsp3) is 0.467. The highest BCUT2D eigenvalue weighted by atomic mass is 19.1. The van der Waals surface area contributed by atoms with Crippen molar-refractivity contribution in [2.24, 2.45) is 0 Å². The van der Waals surface area contributed by atoms with Crippen LogP contribution in [0.3, 0.4) is 0 Å². The molecule has 0 saturated heterocycles. The highest BCUT2D eigenvalue weighted by molar-refractivity contribution is 6.00. The van der Waals surface area contributed by atoms with Gasteiger partial charge in [-0.3, -0.25) is 14.5 Å². The van der Waals surface area contributed by atoms with Gasteiger partial charge in [-0.25, -0.2) is 8.78 Å². The second-order valence-corrected chi connectivity index (χ2v) is 5.02. The molecule has 0 aromatic heterocycles. The highest BCUT2D eigenvalue weighted by Gasteiger charge is 2.25. The predicted octanol–water partition coefficient (Wildman–Crippen LogP) is 1.95. The van der Waals surface area contributed by atoms with E-state index in [-0.39, 0.29) is 18.0 Å². The van der Waals surface area contributed by atoms with E-state index >= 15 is 0 Å².